The molecule has 0 aliphatic heterocycles. The van der Waals surface area contributed by atoms with Gasteiger partial charge in [0.1, 0.15) is 22.6 Å². The first-order valence-electron chi connectivity index (χ1n) is 13.1. The third-order valence-electron chi connectivity index (χ3n) is 6.41. The standard InChI is InChI=1S/C31H36N6O3/c1-30(2,3)40-29(39)33-20-21-37(28(32)38)26-22-34-36(4)27(26)35-31(23-14-8-5-9-15-23,24-16-10-6-11-17-24)25-18-12-7-13-19-25/h5-19,22,35H,20-21H2,1-4H3,(H2,32,38)(H,33,39). The summed E-state index contributed by atoms with van der Waals surface area (Å²) in [5, 5.41) is 10.9. The van der Waals surface area contributed by atoms with E-state index in [0.29, 0.717) is 11.5 Å². The average Bonchev–Trinajstić information content (AvgIpc) is 3.29. The van der Waals surface area contributed by atoms with Crippen LogP contribution < -0.4 is 21.3 Å². The van der Waals surface area contributed by atoms with Crippen LogP contribution in [-0.2, 0) is 17.3 Å². The van der Waals surface area contributed by atoms with Crippen LogP contribution >= 0.6 is 0 Å². The SMILES string of the molecule is Cn1ncc(N(CCNC(=O)OC(C)(C)C)C(N)=O)c1NC(c1ccccc1)(c1ccccc1)c1ccccc1. The van der Waals surface area contributed by atoms with E-state index in [1.165, 1.54) is 4.90 Å². The van der Waals surface area contributed by atoms with Gasteiger partial charge in [-0.15, -0.1) is 0 Å². The van der Waals surface area contributed by atoms with Gasteiger partial charge in [0.05, 0.1) is 6.20 Å². The van der Waals surface area contributed by atoms with Gasteiger partial charge < -0.3 is 21.1 Å². The largest absolute Gasteiger partial charge is 0.444 e. The Hall–Kier alpha value is -4.79. The predicted octanol–water partition coefficient (Wildman–Crippen LogP) is 5.23. The van der Waals surface area contributed by atoms with Crippen LogP contribution in [0.4, 0.5) is 21.1 Å². The normalized spacial score (nSPS) is 11.5. The number of aryl methyl sites for hydroxylation is 1. The lowest BCUT2D eigenvalue weighted by Gasteiger charge is -2.38. The van der Waals surface area contributed by atoms with Gasteiger partial charge in [-0.1, -0.05) is 91.0 Å². The summed E-state index contributed by atoms with van der Waals surface area (Å²) in [5.41, 5.74) is 7.83. The zero-order chi connectivity index (χ0) is 28.8. The molecule has 9 heteroatoms. The van der Waals surface area contributed by atoms with Crippen molar-refractivity contribution in [3.05, 3.63) is 114 Å². The smallest absolute Gasteiger partial charge is 0.407 e. The monoisotopic (exact) mass is 540 g/mol. The molecule has 9 nitrogen and oxygen atoms in total. The maximum absolute atomic E-state index is 12.7. The molecule has 3 amide bonds. The topological polar surface area (TPSA) is 115 Å². The van der Waals surface area contributed by atoms with Crippen molar-refractivity contribution in [3.8, 4) is 0 Å². The number of anilines is 2. The molecule has 4 aromatic rings. The Labute approximate surface area is 234 Å². The van der Waals surface area contributed by atoms with Crippen LogP contribution in [0.3, 0.4) is 0 Å². The van der Waals surface area contributed by atoms with Gasteiger partial charge in [0.2, 0.25) is 0 Å². The molecule has 0 spiro atoms. The van der Waals surface area contributed by atoms with Crippen LogP contribution in [0.2, 0.25) is 0 Å². The van der Waals surface area contributed by atoms with Gasteiger partial charge in [-0.05, 0) is 37.5 Å². The summed E-state index contributed by atoms with van der Waals surface area (Å²) in [6.45, 7) is 5.61. The average molecular weight is 541 g/mol. The summed E-state index contributed by atoms with van der Waals surface area (Å²) in [6.07, 6.45) is 1.02. The fourth-order valence-corrected chi connectivity index (χ4v) is 4.66. The van der Waals surface area contributed by atoms with Crippen LogP contribution in [-0.4, -0.2) is 40.6 Å². The Balaban J connectivity index is 1.77. The van der Waals surface area contributed by atoms with E-state index in [-0.39, 0.29) is 13.1 Å². The van der Waals surface area contributed by atoms with E-state index in [4.69, 9.17) is 10.5 Å². The van der Waals surface area contributed by atoms with Gasteiger partial charge in [-0.25, -0.2) is 9.59 Å². The Morgan fingerprint density at radius 3 is 1.77 bits per heavy atom. The highest BCUT2D eigenvalue weighted by molar-refractivity contribution is 5.94. The third kappa shape index (κ3) is 6.26. The molecule has 0 saturated carbocycles. The summed E-state index contributed by atoms with van der Waals surface area (Å²) in [7, 11) is 1.80. The lowest BCUT2D eigenvalue weighted by atomic mass is 9.77. The number of urea groups is 1. The summed E-state index contributed by atoms with van der Waals surface area (Å²) >= 11 is 0. The lowest BCUT2D eigenvalue weighted by Crippen LogP contribution is -2.44. The molecule has 3 aromatic carbocycles. The molecule has 0 fully saturated rings. The van der Waals surface area contributed by atoms with Crippen LogP contribution in [0.25, 0.3) is 0 Å². The maximum atomic E-state index is 12.7. The van der Waals surface area contributed by atoms with E-state index in [9.17, 15) is 9.59 Å². The minimum Gasteiger partial charge on any atom is -0.444 e. The Morgan fingerprint density at radius 2 is 1.35 bits per heavy atom. The first-order chi connectivity index (χ1) is 19.1. The first kappa shape index (κ1) is 28.2. The summed E-state index contributed by atoms with van der Waals surface area (Å²) in [4.78, 5) is 26.2. The summed E-state index contributed by atoms with van der Waals surface area (Å²) in [5.74, 6) is 0.577. The second-order valence-electron chi connectivity index (χ2n) is 10.4. The van der Waals surface area contributed by atoms with Gasteiger partial charge in [-0.3, -0.25) is 9.58 Å². The zero-order valence-electron chi connectivity index (χ0n) is 23.3. The number of nitrogens with zero attached hydrogens (tertiary/aromatic N) is 3. The molecule has 0 atom stereocenters. The molecule has 208 valence electrons. The summed E-state index contributed by atoms with van der Waals surface area (Å²) < 4.78 is 6.99. The lowest BCUT2D eigenvalue weighted by molar-refractivity contribution is 0.0529. The van der Waals surface area contributed by atoms with Crippen molar-refractivity contribution in [2.45, 2.75) is 31.9 Å². The quantitative estimate of drug-likeness (QED) is 0.251. The Bertz CT molecular complexity index is 1320. The number of rotatable bonds is 9. The van der Waals surface area contributed by atoms with Crippen LogP contribution in [0.5, 0.6) is 0 Å². The number of benzene rings is 3. The highest BCUT2D eigenvalue weighted by atomic mass is 16.6. The minimum absolute atomic E-state index is 0.115. The van der Waals surface area contributed by atoms with Crippen molar-refractivity contribution in [3.63, 3.8) is 0 Å². The molecule has 0 aliphatic rings. The van der Waals surface area contributed by atoms with Crippen molar-refractivity contribution < 1.29 is 14.3 Å². The number of amides is 3. The molecular weight excluding hydrogens is 504 g/mol. The molecule has 4 N–H and O–H groups in total. The van der Waals surface area contributed by atoms with Crippen LogP contribution in [0.15, 0.2) is 97.2 Å². The van der Waals surface area contributed by atoms with Gasteiger partial charge in [0, 0.05) is 20.1 Å². The molecule has 4 rings (SSSR count). The van der Waals surface area contributed by atoms with Gasteiger partial charge >= 0.3 is 12.1 Å². The van der Waals surface area contributed by atoms with E-state index in [2.05, 4.69) is 52.1 Å². The number of hydrogen-bond acceptors (Lipinski definition) is 5. The second-order valence-corrected chi connectivity index (χ2v) is 10.4. The Kier molecular flexibility index (Phi) is 8.43. The first-order valence-corrected chi connectivity index (χ1v) is 13.1. The van der Waals surface area contributed by atoms with Crippen molar-refractivity contribution in [1.29, 1.82) is 0 Å². The summed E-state index contributed by atoms with van der Waals surface area (Å²) in [6, 6.07) is 29.7. The number of carbonyl (C=O) groups is 2. The third-order valence-corrected chi connectivity index (χ3v) is 6.41. The Morgan fingerprint density at radius 1 is 0.875 bits per heavy atom. The highest BCUT2D eigenvalue weighted by Crippen LogP contribution is 2.42. The van der Waals surface area contributed by atoms with E-state index >= 15 is 0 Å². The van der Waals surface area contributed by atoms with Crippen LogP contribution in [0.1, 0.15) is 37.5 Å². The van der Waals surface area contributed by atoms with E-state index < -0.39 is 23.3 Å². The molecule has 0 unspecified atom stereocenters. The number of ether oxygens (including phenoxy) is 1. The van der Waals surface area contributed by atoms with E-state index in [1.807, 2.05) is 54.6 Å². The molecule has 40 heavy (non-hydrogen) atoms. The predicted molar refractivity (Wildman–Crippen MR) is 157 cm³/mol. The maximum Gasteiger partial charge on any atom is 0.407 e. The molecule has 1 heterocycles. The van der Waals surface area contributed by atoms with Gasteiger partial charge in [-0.2, -0.15) is 5.10 Å². The highest BCUT2D eigenvalue weighted by Gasteiger charge is 2.38. The van der Waals surface area contributed by atoms with E-state index in [1.54, 1.807) is 38.7 Å². The molecule has 0 radical (unpaired) electrons. The van der Waals surface area contributed by atoms with Gasteiger partial charge in [0.15, 0.2) is 0 Å². The fourth-order valence-electron chi connectivity index (χ4n) is 4.66. The number of alkyl carbamates (subject to hydrolysis) is 1. The number of aromatic nitrogens is 2. The minimum atomic E-state index is -0.843. The molecule has 0 saturated heterocycles. The molecular formula is C31H36N6O3. The molecule has 0 bridgehead atoms. The number of carbonyl (C=O) groups excluding carboxylic acids is 2. The molecule has 1 aromatic heterocycles. The fraction of sp³-hybridized carbons (Fsp3) is 0.258. The number of primary amides is 1. The number of nitrogens with two attached hydrogens (primary N) is 1. The molecule has 0 aliphatic carbocycles. The van der Waals surface area contributed by atoms with E-state index in [0.717, 1.165) is 16.7 Å². The van der Waals surface area contributed by atoms with Gasteiger partial charge in [0.25, 0.3) is 0 Å². The van der Waals surface area contributed by atoms with Crippen molar-refractivity contribution in [2.24, 2.45) is 12.8 Å². The van der Waals surface area contributed by atoms with Crippen LogP contribution in [0, 0.1) is 0 Å². The van der Waals surface area contributed by atoms with Crippen molar-refractivity contribution in [1.82, 2.24) is 15.1 Å². The van der Waals surface area contributed by atoms with Crippen molar-refractivity contribution in [2.75, 3.05) is 23.3 Å². The van der Waals surface area contributed by atoms with Crippen molar-refractivity contribution >= 4 is 23.6 Å². The number of nitrogens with one attached hydrogen (secondary N) is 2. The zero-order valence-corrected chi connectivity index (χ0v) is 23.3. The number of hydrogen-bond donors (Lipinski definition) is 3. The second kappa shape index (κ2) is 11.9.